The number of hydrogen-bond donors (Lipinski definition) is 2. The van der Waals surface area contributed by atoms with Crippen LogP contribution < -0.4 is 11.1 Å². The van der Waals surface area contributed by atoms with Gasteiger partial charge in [0, 0.05) is 0 Å². The van der Waals surface area contributed by atoms with Gasteiger partial charge in [0.15, 0.2) is 9.84 Å². The Morgan fingerprint density at radius 2 is 2.12 bits per heavy atom. The first-order chi connectivity index (χ1) is 7.69. The maximum atomic E-state index is 11.9. The second kappa shape index (κ2) is 4.94. The van der Waals surface area contributed by atoms with E-state index in [-0.39, 0.29) is 23.3 Å². The molecule has 3 N–H and O–H groups in total. The molecule has 100 valence electrons. The Hall–Kier alpha value is -0.620. The van der Waals surface area contributed by atoms with Crippen LogP contribution in [-0.4, -0.2) is 37.4 Å². The molecule has 2 unspecified atom stereocenters. The van der Waals surface area contributed by atoms with Gasteiger partial charge in [-0.2, -0.15) is 0 Å². The molecule has 1 aliphatic heterocycles. The third-order valence-electron chi connectivity index (χ3n) is 3.49. The molecule has 1 saturated heterocycles. The summed E-state index contributed by atoms with van der Waals surface area (Å²) in [5.74, 6) is -0.00281. The molecule has 0 aromatic carbocycles. The van der Waals surface area contributed by atoms with Crippen LogP contribution in [0.25, 0.3) is 0 Å². The average molecular weight is 262 g/mol. The Kier molecular flexibility index (Phi) is 4.19. The fourth-order valence-electron chi connectivity index (χ4n) is 2.00. The fraction of sp³-hybridized carbons (Fsp3) is 0.909. The highest BCUT2D eigenvalue weighted by Gasteiger charge is 2.40. The summed E-state index contributed by atoms with van der Waals surface area (Å²) in [4.78, 5) is 11.9. The maximum Gasteiger partial charge on any atom is 0.237 e. The van der Waals surface area contributed by atoms with Crippen LogP contribution in [0.1, 0.15) is 33.6 Å². The van der Waals surface area contributed by atoms with Crippen LogP contribution in [-0.2, 0) is 14.6 Å². The van der Waals surface area contributed by atoms with Crippen LogP contribution in [0.3, 0.4) is 0 Å². The third kappa shape index (κ3) is 3.67. The topological polar surface area (TPSA) is 89.3 Å². The van der Waals surface area contributed by atoms with Gasteiger partial charge in [-0.15, -0.1) is 0 Å². The van der Waals surface area contributed by atoms with Gasteiger partial charge in [0.2, 0.25) is 5.91 Å². The van der Waals surface area contributed by atoms with Gasteiger partial charge in [-0.1, -0.05) is 20.3 Å². The van der Waals surface area contributed by atoms with Crippen molar-refractivity contribution in [3.8, 4) is 0 Å². The Morgan fingerprint density at radius 3 is 2.53 bits per heavy atom. The summed E-state index contributed by atoms with van der Waals surface area (Å²) in [6.07, 6.45) is 1.29. The molecule has 1 amide bonds. The van der Waals surface area contributed by atoms with Crippen LogP contribution in [0.2, 0.25) is 0 Å². The highest BCUT2D eigenvalue weighted by Crippen LogP contribution is 2.23. The average Bonchev–Trinajstić information content (AvgIpc) is 2.50. The van der Waals surface area contributed by atoms with Gasteiger partial charge in [-0.25, -0.2) is 8.42 Å². The van der Waals surface area contributed by atoms with Gasteiger partial charge in [-0.05, 0) is 19.3 Å². The monoisotopic (exact) mass is 262 g/mol. The standard InChI is InChI=1S/C11H22N2O3S/c1-4-8(2)9(12)10(14)13-11(3)5-6-17(15,16)7-11/h8-9H,4-7,12H2,1-3H3,(H,13,14)/t8?,9-,11?/m0/s1. The maximum absolute atomic E-state index is 11.9. The molecule has 0 saturated carbocycles. The minimum atomic E-state index is -3.01. The second-order valence-electron chi connectivity index (χ2n) is 5.30. The number of carbonyl (C=O) groups is 1. The predicted molar refractivity (Wildman–Crippen MR) is 67.2 cm³/mol. The van der Waals surface area contributed by atoms with Gasteiger partial charge in [0.25, 0.3) is 0 Å². The zero-order valence-corrected chi connectivity index (χ0v) is 11.5. The lowest BCUT2D eigenvalue weighted by molar-refractivity contribution is -0.124. The number of carbonyl (C=O) groups excluding carboxylic acids is 1. The van der Waals surface area contributed by atoms with Crippen molar-refractivity contribution >= 4 is 15.7 Å². The van der Waals surface area contributed by atoms with E-state index in [4.69, 9.17) is 5.73 Å². The number of nitrogens with one attached hydrogen (secondary N) is 1. The first-order valence-electron chi connectivity index (χ1n) is 5.97. The van der Waals surface area contributed by atoms with Crippen LogP contribution in [0.15, 0.2) is 0 Å². The first kappa shape index (κ1) is 14.4. The molecule has 1 heterocycles. The lowest BCUT2D eigenvalue weighted by Gasteiger charge is -2.27. The second-order valence-corrected chi connectivity index (χ2v) is 7.49. The van der Waals surface area contributed by atoms with Crippen LogP contribution in [0.5, 0.6) is 0 Å². The van der Waals surface area contributed by atoms with Crippen LogP contribution >= 0.6 is 0 Å². The zero-order valence-electron chi connectivity index (χ0n) is 10.7. The highest BCUT2D eigenvalue weighted by atomic mass is 32.2. The van der Waals surface area contributed by atoms with E-state index in [1.165, 1.54) is 0 Å². The number of nitrogens with two attached hydrogens (primary N) is 1. The zero-order chi connectivity index (χ0) is 13.3. The van der Waals surface area contributed by atoms with Gasteiger partial charge in [0.05, 0.1) is 23.1 Å². The largest absolute Gasteiger partial charge is 0.349 e. The fourth-order valence-corrected chi connectivity index (χ4v) is 4.10. The Labute approximate surface area is 103 Å². The predicted octanol–water partition coefficient (Wildman–Crippen LogP) is 0.0532. The molecule has 6 heteroatoms. The molecular formula is C11H22N2O3S. The van der Waals surface area contributed by atoms with Gasteiger partial charge < -0.3 is 11.1 Å². The van der Waals surface area contributed by atoms with E-state index < -0.39 is 21.4 Å². The molecular weight excluding hydrogens is 240 g/mol. The van der Waals surface area contributed by atoms with Gasteiger partial charge in [0.1, 0.15) is 0 Å². The van der Waals surface area contributed by atoms with Crippen LogP contribution in [0, 0.1) is 5.92 Å². The number of amides is 1. The van der Waals surface area contributed by atoms with Crippen molar-refractivity contribution in [1.82, 2.24) is 5.32 Å². The van der Waals surface area contributed by atoms with Crippen molar-refractivity contribution in [2.45, 2.75) is 45.2 Å². The summed E-state index contributed by atoms with van der Waals surface area (Å²) < 4.78 is 22.8. The molecule has 1 fully saturated rings. The normalized spacial score (nSPS) is 30.8. The van der Waals surface area contributed by atoms with Gasteiger partial charge in [-0.3, -0.25) is 4.79 Å². The van der Waals surface area contributed by atoms with Gasteiger partial charge >= 0.3 is 0 Å². The number of sulfone groups is 1. The summed E-state index contributed by atoms with van der Waals surface area (Å²) in [6, 6.07) is -0.569. The molecule has 17 heavy (non-hydrogen) atoms. The molecule has 1 aliphatic rings. The Morgan fingerprint density at radius 1 is 1.53 bits per heavy atom. The number of rotatable bonds is 4. The summed E-state index contributed by atoms with van der Waals surface area (Å²) >= 11 is 0. The Bertz CT molecular complexity index is 394. The van der Waals surface area contributed by atoms with Crippen LogP contribution in [0.4, 0.5) is 0 Å². The van der Waals surface area contributed by atoms with E-state index in [9.17, 15) is 13.2 Å². The van der Waals surface area contributed by atoms with Crippen molar-refractivity contribution in [1.29, 1.82) is 0 Å². The van der Waals surface area contributed by atoms with E-state index >= 15 is 0 Å². The molecule has 5 nitrogen and oxygen atoms in total. The van der Waals surface area contributed by atoms with Crippen molar-refractivity contribution < 1.29 is 13.2 Å². The molecule has 1 rings (SSSR count). The molecule has 0 spiro atoms. The first-order valence-corrected chi connectivity index (χ1v) is 7.79. The summed E-state index contributed by atoms with van der Waals surface area (Å²) in [5.41, 5.74) is 5.16. The van der Waals surface area contributed by atoms with E-state index in [1.807, 2.05) is 13.8 Å². The molecule has 3 atom stereocenters. The van der Waals surface area contributed by atoms with E-state index in [0.717, 1.165) is 6.42 Å². The van der Waals surface area contributed by atoms with Crippen molar-refractivity contribution in [2.75, 3.05) is 11.5 Å². The summed E-state index contributed by atoms with van der Waals surface area (Å²) in [7, 11) is -3.01. The SMILES string of the molecule is CCC(C)[C@H](N)C(=O)NC1(C)CCS(=O)(=O)C1. The minimum Gasteiger partial charge on any atom is -0.349 e. The molecule has 0 aliphatic carbocycles. The molecule has 0 aromatic heterocycles. The van der Waals surface area contributed by atoms with E-state index in [0.29, 0.717) is 6.42 Å². The minimum absolute atomic E-state index is 0.0129. The quantitative estimate of drug-likeness (QED) is 0.749. The third-order valence-corrected chi connectivity index (χ3v) is 5.39. The summed E-state index contributed by atoms with van der Waals surface area (Å²) in [6.45, 7) is 5.65. The lowest BCUT2D eigenvalue weighted by Crippen LogP contribution is -2.54. The Balaban J connectivity index is 2.64. The molecule has 0 aromatic rings. The highest BCUT2D eigenvalue weighted by molar-refractivity contribution is 7.91. The number of hydrogen-bond acceptors (Lipinski definition) is 4. The molecule has 0 bridgehead atoms. The smallest absolute Gasteiger partial charge is 0.237 e. The van der Waals surface area contributed by atoms with E-state index in [2.05, 4.69) is 5.32 Å². The molecule has 0 radical (unpaired) electrons. The van der Waals surface area contributed by atoms with Crippen molar-refractivity contribution in [3.05, 3.63) is 0 Å². The van der Waals surface area contributed by atoms with Crippen molar-refractivity contribution in [3.63, 3.8) is 0 Å². The summed E-state index contributed by atoms with van der Waals surface area (Å²) in [5, 5.41) is 2.78. The van der Waals surface area contributed by atoms with E-state index in [1.54, 1.807) is 6.92 Å². The van der Waals surface area contributed by atoms with Crippen molar-refractivity contribution in [2.24, 2.45) is 11.7 Å². The lowest BCUT2D eigenvalue weighted by atomic mass is 9.96.